The van der Waals surface area contributed by atoms with Gasteiger partial charge in [-0.1, -0.05) is 288 Å². The van der Waals surface area contributed by atoms with Gasteiger partial charge in [0.25, 0.3) is 0 Å². The van der Waals surface area contributed by atoms with E-state index in [2.05, 4.69) is 76.3 Å². The van der Waals surface area contributed by atoms with Gasteiger partial charge in [-0.2, -0.15) is 0 Å². The molecule has 0 amide bonds. The van der Waals surface area contributed by atoms with Crippen LogP contribution in [0.4, 0.5) is 0 Å². The first kappa shape index (κ1) is 91.0. The van der Waals surface area contributed by atoms with E-state index in [9.17, 15) is 43.2 Å². The maximum absolute atomic E-state index is 13.1. The van der Waals surface area contributed by atoms with Crippen LogP contribution in [0.15, 0.2) is 48.6 Å². The van der Waals surface area contributed by atoms with Crippen LogP contribution in [-0.2, 0) is 65.4 Å². The molecule has 94 heavy (non-hydrogen) atoms. The van der Waals surface area contributed by atoms with Gasteiger partial charge in [-0.05, 0) is 83.5 Å². The minimum absolute atomic E-state index is 0.0859. The quantitative estimate of drug-likeness (QED) is 0.0169. The van der Waals surface area contributed by atoms with Crippen LogP contribution in [0.2, 0.25) is 0 Å². The van der Waals surface area contributed by atoms with Crippen LogP contribution in [0.5, 0.6) is 0 Å². The van der Waals surface area contributed by atoms with Crippen molar-refractivity contribution in [3.05, 3.63) is 48.6 Å². The second-order valence-electron chi connectivity index (χ2n) is 25.6. The summed E-state index contributed by atoms with van der Waals surface area (Å²) in [6, 6.07) is 0. The van der Waals surface area contributed by atoms with Gasteiger partial charge in [-0.15, -0.1) is 0 Å². The highest BCUT2D eigenvalue weighted by atomic mass is 31.2. The summed E-state index contributed by atoms with van der Waals surface area (Å²) in [5.41, 5.74) is 0. The van der Waals surface area contributed by atoms with E-state index < -0.39 is 97.5 Å². The Morgan fingerprint density at radius 3 is 0.862 bits per heavy atom. The van der Waals surface area contributed by atoms with Crippen LogP contribution in [-0.4, -0.2) is 96.7 Å². The Bertz CT molecular complexity index is 1980. The first-order valence-electron chi connectivity index (χ1n) is 37.9. The van der Waals surface area contributed by atoms with E-state index in [1.54, 1.807) is 0 Å². The van der Waals surface area contributed by atoms with Crippen molar-refractivity contribution in [1.29, 1.82) is 0 Å². The molecular formula is C75H138O17P2. The molecule has 3 N–H and O–H groups in total. The van der Waals surface area contributed by atoms with E-state index >= 15 is 0 Å². The Labute approximate surface area is 572 Å². The molecule has 0 aliphatic rings. The molecule has 0 spiro atoms. The lowest BCUT2D eigenvalue weighted by molar-refractivity contribution is -0.161. The van der Waals surface area contributed by atoms with Crippen molar-refractivity contribution in [3.63, 3.8) is 0 Å². The van der Waals surface area contributed by atoms with Crippen molar-refractivity contribution >= 4 is 39.5 Å². The zero-order valence-electron chi connectivity index (χ0n) is 59.9. The minimum atomic E-state index is -4.97. The van der Waals surface area contributed by atoms with Gasteiger partial charge in [-0.25, -0.2) is 9.13 Å². The average molecular weight is 1370 g/mol. The van der Waals surface area contributed by atoms with Crippen LogP contribution in [0.3, 0.4) is 0 Å². The van der Waals surface area contributed by atoms with Crippen LogP contribution in [0, 0.1) is 0 Å². The summed E-state index contributed by atoms with van der Waals surface area (Å²) in [5.74, 6) is -2.17. The first-order chi connectivity index (χ1) is 45.7. The minimum Gasteiger partial charge on any atom is -0.462 e. The number of rotatable bonds is 72. The monoisotopic (exact) mass is 1370 g/mol. The number of aliphatic hydroxyl groups excluding tert-OH is 1. The fraction of sp³-hybridized carbons (Fsp3) is 0.840. The lowest BCUT2D eigenvalue weighted by atomic mass is 10.0. The van der Waals surface area contributed by atoms with Gasteiger partial charge in [0.2, 0.25) is 0 Å². The Morgan fingerprint density at radius 1 is 0.309 bits per heavy atom. The maximum atomic E-state index is 13.1. The van der Waals surface area contributed by atoms with Crippen LogP contribution in [0.25, 0.3) is 0 Å². The Morgan fingerprint density at radius 2 is 0.553 bits per heavy atom. The van der Waals surface area contributed by atoms with Crippen LogP contribution < -0.4 is 0 Å². The van der Waals surface area contributed by atoms with Crippen LogP contribution in [0.1, 0.15) is 349 Å². The van der Waals surface area contributed by atoms with Gasteiger partial charge < -0.3 is 33.8 Å². The number of carbonyl (C=O) groups is 4. The number of phosphoric ester groups is 2. The molecule has 0 saturated carbocycles. The van der Waals surface area contributed by atoms with Gasteiger partial charge in [0.15, 0.2) is 12.2 Å². The molecule has 5 atom stereocenters. The molecule has 0 aliphatic carbocycles. The summed E-state index contributed by atoms with van der Waals surface area (Å²) in [4.78, 5) is 72.7. The Kier molecular flexibility index (Phi) is 66.4. The SMILES string of the molecule is CC/C=C\C/C=C\C/C=C\CCCCCCCC(=O)OCC(COP(=O)(O)OCC(O)COP(=O)(O)OCC(COC(=O)CCCCCCCCCCCCCCC)OC(=O)CCCCCCCCCCCCC)OC(=O)CCCCCCC/C=C\CCCCCCCC. The molecule has 0 saturated heterocycles. The lowest BCUT2D eigenvalue weighted by Gasteiger charge is -2.21. The van der Waals surface area contributed by atoms with Gasteiger partial charge in [-0.3, -0.25) is 37.3 Å². The number of ether oxygens (including phenoxy) is 4. The normalized spacial score (nSPS) is 14.2. The molecule has 19 heteroatoms. The molecule has 0 aromatic rings. The molecular weight excluding hydrogens is 1230 g/mol. The highest BCUT2D eigenvalue weighted by molar-refractivity contribution is 7.47. The van der Waals surface area contributed by atoms with E-state index in [4.69, 9.17) is 37.0 Å². The van der Waals surface area contributed by atoms with E-state index in [1.807, 2.05) is 0 Å². The molecule has 0 rings (SSSR count). The fourth-order valence-electron chi connectivity index (χ4n) is 10.5. The van der Waals surface area contributed by atoms with Gasteiger partial charge in [0.05, 0.1) is 26.4 Å². The predicted molar refractivity (Wildman–Crippen MR) is 381 cm³/mol. The number of aliphatic hydroxyl groups is 1. The molecule has 0 aromatic heterocycles. The van der Waals surface area contributed by atoms with Crippen molar-refractivity contribution in [3.8, 4) is 0 Å². The largest absolute Gasteiger partial charge is 0.472 e. The number of unbranched alkanes of at least 4 members (excludes halogenated alkanes) is 38. The lowest BCUT2D eigenvalue weighted by Crippen LogP contribution is -2.30. The molecule has 0 aliphatic heterocycles. The summed E-state index contributed by atoms with van der Waals surface area (Å²) in [5, 5.41) is 10.6. The summed E-state index contributed by atoms with van der Waals surface area (Å²) in [7, 11) is -9.93. The van der Waals surface area contributed by atoms with Gasteiger partial charge >= 0.3 is 39.5 Å². The van der Waals surface area contributed by atoms with Crippen molar-refractivity contribution in [2.24, 2.45) is 0 Å². The number of esters is 4. The summed E-state index contributed by atoms with van der Waals surface area (Å²) in [6.07, 6.45) is 63.9. The third-order valence-corrected chi connectivity index (χ3v) is 18.2. The van der Waals surface area contributed by atoms with Crippen LogP contribution >= 0.6 is 15.6 Å². The van der Waals surface area contributed by atoms with E-state index in [0.717, 1.165) is 135 Å². The number of allylic oxidation sites excluding steroid dienone is 8. The van der Waals surface area contributed by atoms with Crippen molar-refractivity contribution in [2.75, 3.05) is 39.6 Å². The Hall–Kier alpha value is -2.98. The van der Waals surface area contributed by atoms with Crippen molar-refractivity contribution in [2.45, 2.75) is 367 Å². The van der Waals surface area contributed by atoms with Gasteiger partial charge in [0, 0.05) is 25.7 Å². The zero-order chi connectivity index (χ0) is 69.0. The molecule has 0 heterocycles. The zero-order valence-corrected chi connectivity index (χ0v) is 61.7. The molecule has 0 bridgehead atoms. The highest BCUT2D eigenvalue weighted by Crippen LogP contribution is 2.45. The van der Waals surface area contributed by atoms with E-state index in [-0.39, 0.29) is 25.7 Å². The number of hydrogen-bond acceptors (Lipinski definition) is 15. The molecule has 5 unspecified atom stereocenters. The van der Waals surface area contributed by atoms with E-state index in [1.165, 1.54) is 135 Å². The third kappa shape index (κ3) is 67.6. The third-order valence-electron chi connectivity index (χ3n) is 16.3. The molecule has 550 valence electrons. The number of hydrogen-bond donors (Lipinski definition) is 3. The maximum Gasteiger partial charge on any atom is 0.472 e. The molecule has 17 nitrogen and oxygen atoms in total. The molecule has 0 aromatic carbocycles. The van der Waals surface area contributed by atoms with Crippen molar-refractivity contribution < 1.29 is 80.2 Å². The van der Waals surface area contributed by atoms with E-state index in [0.29, 0.717) is 25.7 Å². The number of carbonyl (C=O) groups excluding carboxylic acids is 4. The second kappa shape index (κ2) is 68.5. The smallest absolute Gasteiger partial charge is 0.462 e. The topological polar surface area (TPSA) is 237 Å². The Balaban J connectivity index is 5.31. The standard InChI is InChI=1S/C75H138O17P2/c1-5-9-13-17-21-25-29-32-34-37-41-44-48-52-56-60-73(78)86-66-71(92-75(80)62-58-54-50-46-42-38-35-33-30-26-22-18-14-10-6-2)68-90-94(83,84)88-64-69(76)63-87-93(81,82)89-67-70(91-74(79)61-57-53-49-45-39-28-24-20-16-12-8-4)65-85-72(77)59-55-51-47-43-40-36-31-27-23-19-15-11-7-3/h9,13,21,25,32-35,69-71,76H,5-8,10-12,14-20,22-24,26-31,36-68H2,1-4H3,(H,81,82)(H,83,84)/b13-9-,25-21-,34-32-,35-33-. The molecule has 0 radical (unpaired) electrons. The summed E-state index contributed by atoms with van der Waals surface area (Å²) >= 11 is 0. The highest BCUT2D eigenvalue weighted by Gasteiger charge is 2.30. The summed E-state index contributed by atoms with van der Waals surface area (Å²) < 4.78 is 68.4. The van der Waals surface area contributed by atoms with Crippen molar-refractivity contribution in [1.82, 2.24) is 0 Å². The van der Waals surface area contributed by atoms with Gasteiger partial charge in [0.1, 0.15) is 19.3 Å². The fourth-order valence-corrected chi connectivity index (χ4v) is 12.1. The number of phosphoric acid groups is 2. The summed E-state index contributed by atoms with van der Waals surface area (Å²) in [6.45, 7) is 4.78. The first-order valence-corrected chi connectivity index (χ1v) is 40.9. The predicted octanol–water partition coefficient (Wildman–Crippen LogP) is 21.3. The average Bonchev–Trinajstić information content (AvgIpc) is 1.36. The molecule has 0 fully saturated rings. The second-order valence-corrected chi connectivity index (χ2v) is 28.5.